The topological polar surface area (TPSA) is 63.5 Å². The van der Waals surface area contributed by atoms with E-state index in [0.717, 1.165) is 28.5 Å². The Bertz CT molecular complexity index is 1110. The second-order valence-corrected chi connectivity index (χ2v) is 8.98. The Hall–Kier alpha value is -2.86. The Labute approximate surface area is 188 Å². The maximum absolute atomic E-state index is 13.4. The molecule has 170 valence electrons. The van der Waals surface area contributed by atoms with Gasteiger partial charge in [0.15, 0.2) is 0 Å². The second kappa shape index (κ2) is 9.33. The number of hydrogen-bond donors (Lipinski definition) is 2. The third kappa shape index (κ3) is 4.37. The molecule has 0 bridgehead atoms. The molecule has 32 heavy (non-hydrogen) atoms. The Morgan fingerprint density at radius 1 is 1.19 bits per heavy atom. The van der Waals surface area contributed by atoms with Gasteiger partial charge in [-0.25, -0.2) is 9.18 Å². The number of carboxylic acid groups (broad SMARTS) is 1. The molecule has 0 saturated heterocycles. The normalized spacial score (nSPS) is 21.1. The minimum absolute atomic E-state index is 0.265. The number of halogens is 1. The summed E-state index contributed by atoms with van der Waals surface area (Å²) in [5, 5.41) is 14.7. The van der Waals surface area contributed by atoms with Crippen molar-refractivity contribution in [1.82, 2.24) is 9.88 Å². The van der Waals surface area contributed by atoms with E-state index in [9.17, 15) is 14.3 Å². The van der Waals surface area contributed by atoms with Crippen LogP contribution in [0.25, 0.3) is 10.9 Å². The number of benzene rings is 2. The standard InChI is InChI=1S/C26H31FN2O3/c1-16-5-4-6-23(17(16)2)28-14-22-21-12-11-20(32-3)13-24(21)29(25(22)26(30)31)15-18-7-9-19(27)10-8-18/h7-13,16-17,23,28H,4-6,14-15H2,1-3H3,(H,30,31)/t16-,17-,23-/m1/s1. The largest absolute Gasteiger partial charge is 0.497 e. The number of fused-ring (bicyclic) bond motifs is 1. The Kier molecular flexibility index (Phi) is 6.51. The zero-order valence-corrected chi connectivity index (χ0v) is 18.9. The van der Waals surface area contributed by atoms with Gasteiger partial charge in [-0.2, -0.15) is 0 Å². The molecule has 3 aromatic rings. The van der Waals surface area contributed by atoms with E-state index in [-0.39, 0.29) is 11.5 Å². The number of ether oxygens (including phenoxy) is 1. The van der Waals surface area contributed by atoms with Crippen molar-refractivity contribution in [3.05, 3.63) is 65.1 Å². The van der Waals surface area contributed by atoms with E-state index >= 15 is 0 Å². The number of carbonyl (C=O) groups is 1. The SMILES string of the molecule is COc1ccc2c(CN[C@@H]3CCC[C@@H](C)[C@H]3C)c(C(=O)O)n(Cc3ccc(F)cc3)c2c1. The maximum Gasteiger partial charge on any atom is 0.352 e. The van der Waals surface area contributed by atoms with Crippen LogP contribution in [0.2, 0.25) is 0 Å². The number of nitrogens with zero attached hydrogens (tertiary/aromatic N) is 1. The molecule has 1 heterocycles. The average Bonchev–Trinajstić information content (AvgIpc) is 3.09. The van der Waals surface area contributed by atoms with Crippen LogP contribution < -0.4 is 10.1 Å². The van der Waals surface area contributed by atoms with Gasteiger partial charge in [0, 0.05) is 36.1 Å². The van der Waals surface area contributed by atoms with Crippen LogP contribution in [-0.2, 0) is 13.1 Å². The van der Waals surface area contributed by atoms with E-state index in [0.29, 0.717) is 36.7 Å². The molecular weight excluding hydrogens is 407 g/mol. The Balaban J connectivity index is 1.76. The molecule has 0 aliphatic heterocycles. The summed E-state index contributed by atoms with van der Waals surface area (Å²) in [6.45, 7) is 5.40. The number of hydrogen-bond acceptors (Lipinski definition) is 3. The monoisotopic (exact) mass is 438 g/mol. The molecule has 0 amide bonds. The highest BCUT2D eigenvalue weighted by Crippen LogP contribution is 2.33. The number of rotatable bonds is 7. The quantitative estimate of drug-likeness (QED) is 0.515. The summed E-state index contributed by atoms with van der Waals surface area (Å²) in [6, 6.07) is 12.2. The fourth-order valence-corrected chi connectivity index (χ4v) is 4.99. The first-order chi connectivity index (χ1) is 15.4. The first kappa shape index (κ1) is 22.3. The molecule has 0 spiro atoms. The minimum atomic E-state index is -0.968. The number of aromatic carboxylic acids is 1. The van der Waals surface area contributed by atoms with Crippen LogP contribution in [0, 0.1) is 17.7 Å². The first-order valence-corrected chi connectivity index (χ1v) is 11.3. The minimum Gasteiger partial charge on any atom is -0.497 e. The molecule has 1 saturated carbocycles. The van der Waals surface area contributed by atoms with Crippen LogP contribution in [-0.4, -0.2) is 28.8 Å². The molecule has 1 aliphatic carbocycles. The van der Waals surface area contributed by atoms with Crippen molar-refractivity contribution in [3.8, 4) is 5.75 Å². The van der Waals surface area contributed by atoms with Crippen LogP contribution in [0.15, 0.2) is 42.5 Å². The highest BCUT2D eigenvalue weighted by atomic mass is 19.1. The highest BCUT2D eigenvalue weighted by Gasteiger charge is 2.28. The first-order valence-electron chi connectivity index (χ1n) is 11.3. The van der Waals surface area contributed by atoms with Crippen molar-refractivity contribution in [2.75, 3.05) is 7.11 Å². The predicted molar refractivity (Wildman–Crippen MR) is 124 cm³/mol. The highest BCUT2D eigenvalue weighted by molar-refractivity contribution is 5.98. The number of nitrogens with one attached hydrogen (secondary N) is 1. The molecule has 0 unspecified atom stereocenters. The van der Waals surface area contributed by atoms with Gasteiger partial charge in [-0.15, -0.1) is 0 Å². The molecule has 1 fully saturated rings. The van der Waals surface area contributed by atoms with Gasteiger partial charge in [-0.1, -0.05) is 38.8 Å². The van der Waals surface area contributed by atoms with Crippen LogP contribution in [0.1, 0.15) is 54.7 Å². The maximum atomic E-state index is 13.4. The van der Waals surface area contributed by atoms with Gasteiger partial charge < -0.3 is 19.7 Å². The van der Waals surface area contributed by atoms with Gasteiger partial charge in [0.25, 0.3) is 0 Å². The van der Waals surface area contributed by atoms with Crippen molar-refractivity contribution in [1.29, 1.82) is 0 Å². The van der Waals surface area contributed by atoms with Crippen LogP contribution in [0.4, 0.5) is 4.39 Å². The van der Waals surface area contributed by atoms with Crippen LogP contribution in [0.5, 0.6) is 5.75 Å². The molecule has 1 aliphatic rings. The lowest BCUT2D eigenvalue weighted by Crippen LogP contribution is -2.40. The van der Waals surface area contributed by atoms with Crippen molar-refractivity contribution < 1.29 is 19.0 Å². The molecule has 2 aromatic carbocycles. The zero-order valence-electron chi connectivity index (χ0n) is 18.9. The molecule has 6 heteroatoms. The fourth-order valence-electron chi connectivity index (χ4n) is 4.99. The smallest absolute Gasteiger partial charge is 0.352 e. The molecule has 0 radical (unpaired) electrons. The lowest BCUT2D eigenvalue weighted by atomic mass is 9.78. The van der Waals surface area contributed by atoms with Gasteiger partial charge in [0.2, 0.25) is 0 Å². The van der Waals surface area contributed by atoms with E-state index in [4.69, 9.17) is 4.74 Å². The summed E-state index contributed by atoms with van der Waals surface area (Å²) in [7, 11) is 1.60. The Morgan fingerprint density at radius 3 is 2.62 bits per heavy atom. The third-order valence-electron chi connectivity index (χ3n) is 7.08. The van der Waals surface area contributed by atoms with E-state index in [1.54, 1.807) is 23.8 Å². The van der Waals surface area contributed by atoms with E-state index < -0.39 is 5.97 Å². The Morgan fingerprint density at radius 2 is 1.94 bits per heavy atom. The van der Waals surface area contributed by atoms with Gasteiger partial charge in [-0.3, -0.25) is 0 Å². The summed E-state index contributed by atoms with van der Waals surface area (Å²) in [5.41, 5.74) is 2.68. The van der Waals surface area contributed by atoms with Crippen molar-refractivity contribution in [2.45, 2.75) is 52.2 Å². The van der Waals surface area contributed by atoms with Gasteiger partial charge in [0.1, 0.15) is 17.3 Å². The summed E-state index contributed by atoms with van der Waals surface area (Å²) in [6.07, 6.45) is 3.55. The third-order valence-corrected chi connectivity index (χ3v) is 7.08. The predicted octanol–water partition coefficient (Wildman–Crippen LogP) is 5.45. The van der Waals surface area contributed by atoms with Crippen LogP contribution in [0.3, 0.4) is 0 Å². The summed E-state index contributed by atoms with van der Waals surface area (Å²) in [5.74, 6) is 0.589. The van der Waals surface area contributed by atoms with Gasteiger partial charge in [-0.05, 0) is 48.1 Å². The molecule has 3 atom stereocenters. The van der Waals surface area contributed by atoms with E-state index in [2.05, 4.69) is 19.2 Å². The van der Waals surface area contributed by atoms with E-state index in [1.165, 1.54) is 25.0 Å². The zero-order chi connectivity index (χ0) is 22.8. The lowest BCUT2D eigenvalue weighted by molar-refractivity contribution is 0.0684. The molecule has 5 nitrogen and oxygen atoms in total. The molecule has 2 N–H and O–H groups in total. The van der Waals surface area contributed by atoms with Gasteiger partial charge >= 0.3 is 5.97 Å². The number of methoxy groups -OCH3 is 1. The summed E-state index contributed by atoms with van der Waals surface area (Å²) >= 11 is 0. The fraction of sp³-hybridized carbons (Fsp3) is 0.423. The average molecular weight is 439 g/mol. The lowest BCUT2D eigenvalue weighted by Gasteiger charge is -2.34. The van der Waals surface area contributed by atoms with Crippen molar-refractivity contribution in [2.24, 2.45) is 11.8 Å². The van der Waals surface area contributed by atoms with Crippen molar-refractivity contribution >= 4 is 16.9 Å². The van der Waals surface area contributed by atoms with Crippen LogP contribution >= 0.6 is 0 Å². The molecule has 4 rings (SSSR count). The van der Waals surface area contributed by atoms with E-state index in [1.807, 2.05) is 18.2 Å². The molecular formula is C26H31FN2O3. The summed E-state index contributed by atoms with van der Waals surface area (Å²) in [4.78, 5) is 12.4. The van der Waals surface area contributed by atoms with Crippen molar-refractivity contribution in [3.63, 3.8) is 0 Å². The number of carboxylic acids is 1. The van der Waals surface area contributed by atoms with Gasteiger partial charge in [0.05, 0.1) is 12.6 Å². The molecule has 1 aromatic heterocycles. The number of aromatic nitrogens is 1. The second-order valence-electron chi connectivity index (χ2n) is 8.98. The summed E-state index contributed by atoms with van der Waals surface area (Å²) < 4.78 is 20.6.